The molecule has 5 rings (SSSR count). The van der Waals surface area contributed by atoms with Gasteiger partial charge in [-0.05, 0) is 74.5 Å². The number of hydrogen-bond donors (Lipinski definition) is 0. The van der Waals surface area contributed by atoms with Crippen LogP contribution in [0.3, 0.4) is 0 Å². The molecule has 0 aromatic heterocycles. The molecule has 0 N–H and O–H groups in total. The molecule has 1 nitrogen and oxygen atoms in total. The summed E-state index contributed by atoms with van der Waals surface area (Å²) in [7, 11) is 0. The van der Waals surface area contributed by atoms with E-state index in [-0.39, 0.29) is 17.0 Å². The van der Waals surface area contributed by atoms with Crippen molar-refractivity contribution in [3.05, 3.63) is 41.7 Å². The minimum absolute atomic E-state index is 0.115. The zero-order valence-corrected chi connectivity index (χ0v) is 12.2. The second-order valence-corrected chi connectivity index (χ2v) is 7.42. The van der Waals surface area contributed by atoms with Crippen molar-refractivity contribution in [2.24, 2.45) is 23.2 Å². The van der Waals surface area contributed by atoms with Crippen LogP contribution in [0.2, 0.25) is 0 Å². The molecule has 1 aromatic carbocycles. The number of carbonyl (C=O) groups excluding carboxylic acids is 1. The van der Waals surface area contributed by atoms with Crippen LogP contribution in [0, 0.1) is 29.0 Å². The van der Waals surface area contributed by atoms with Gasteiger partial charge in [0.1, 0.15) is 5.82 Å². The fraction of sp³-hybridized carbons (Fsp3) is 0.526. The summed E-state index contributed by atoms with van der Waals surface area (Å²) in [5.41, 5.74) is 0.395. The van der Waals surface area contributed by atoms with Gasteiger partial charge in [-0.3, -0.25) is 4.79 Å². The van der Waals surface area contributed by atoms with E-state index in [9.17, 15) is 9.18 Å². The van der Waals surface area contributed by atoms with Crippen LogP contribution >= 0.6 is 0 Å². The minimum atomic E-state index is -0.257. The van der Waals surface area contributed by atoms with E-state index >= 15 is 0 Å². The van der Waals surface area contributed by atoms with Gasteiger partial charge in [-0.15, -0.1) is 0 Å². The van der Waals surface area contributed by atoms with Crippen LogP contribution in [0.15, 0.2) is 30.3 Å². The highest BCUT2D eigenvalue weighted by atomic mass is 19.1. The van der Waals surface area contributed by atoms with Gasteiger partial charge in [0, 0.05) is 11.0 Å². The highest BCUT2D eigenvalue weighted by molar-refractivity contribution is 5.98. The van der Waals surface area contributed by atoms with Gasteiger partial charge in [0.15, 0.2) is 5.78 Å². The molecule has 0 amide bonds. The second-order valence-electron chi connectivity index (χ2n) is 7.42. The molecule has 0 spiro atoms. The van der Waals surface area contributed by atoms with Crippen molar-refractivity contribution in [1.29, 1.82) is 0 Å². The highest BCUT2D eigenvalue weighted by Gasteiger charge is 2.53. The molecule has 1 aromatic rings. The first-order chi connectivity index (χ1) is 10.1. The first-order valence-electron chi connectivity index (χ1n) is 8.12. The Bertz CT molecular complexity index is 566. The first-order valence-corrected chi connectivity index (χ1v) is 8.12. The van der Waals surface area contributed by atoms with E-state index < -0.39 is 0 Å². The van der Waals surface area contributed by atoms with Gasteiger partial charge in [-0.2, -0.15) is 0 Å². The van der Waals surface area contributed by atoms with Crippen LogP contribution in [0.4, 0.5) is 4.39 Å². The number of carbonyl (C=O) groups is 1. The molecule has 0 aliphatic heterocycles. The van der Waals surface area contributed by atoms with E-state index in [1.165, 1.54) is 25.3 Å². The zero-order chi connectivity index (χ0) is 14.4. The number of allylic oxidation sites excluding steroid dienone is 1. The molecular weight excluding hydrogens is 263 g/mol. The molecule has 4 saturated carbocycles. The van der Waals surface area contributed by atoms with Crippen molar-refractivity contribution in [2.45, 2.75) is 38.5 Å². The lowest BCUT2D eigenvalue weighted by Gasteiger charge is -2.55. The number of ketones is 1. The van der Waals surface area contributed by atoms with Gasteiger partial charge < -0.3 is 0 Å². The van der Waals surface area contributed by atoms with Crippen LogP contribution in [0.5, 0.6) is 0 Å². The molecule has 2 heteroatoms. The van der Waals surface area contributed by atoms with Crippen LogP contribution in [0.1, 0.15) is 44.1 Å². The topological polar surface area (TPSA) is 17.1 Å². The Balaban J connectivity index is 1.56. The quantitative estimate of drug-likeness (QED) is 0.740. The van der Waals surface area contributed by atoms with Gasteiger partial charge in [0.25, 0.3) is 0 Å². The summed E-state index contributed by atoms with van der Waals surface area (Å²) in [5.74, 6) is 2.28. The predicted octanol–water partition coefficient (Wildman–Crippen LogP) is 4.62. The second kappa shape index (κ2) is 4.79. The third-order valence-electron chi connectivity index (χ3n) is 5.88. The fourth-order valence-corrected chi connectivity index (χ4v) is 5.36. The molecule has 110 valence electrons. The lowest BCUT2D eigenvalue weighted by molar-refractivity contribution is -0.138. The number of rotatable bonds is 3. The van der Waals surface area contributed by atoms with Crippen molar-refractivity contribution in [3.63, 3.8) is 0 Å². The normalized spacial score (nSPS) is 37.3. The van der Waals surface area contributed by atoms with E-state index in [4.69, 9.17) is 0 Å². The lowest BCUT2D eigenvalue weighted by Crippen LogP contribution is -2.49. The van der Waals surface area contributed by atoms with Crippen molar-refractivity contribution in [1.82, 2.24) is 0 Å². The number of hydrogen-bond acceptors (Lipinski definition) is 1. The maximum atomic E-state index is 13.6. The lowest BCUT2D eigenvalue weighted by atomic mass is 9.48. The summed E-state index contributed by atoms with van der Waals surface area (Å²) in [4.78, 5) is 12.8. The molecule has 4 bridgehead atoms. The summed E-state index contributed by atoms with van der Waals surface area (Å²) < 4.78 is 13.6. The van der Waals surface area contributed by atoms with Crippen LogP contribution in [-0.2, 0) is 4.79 Å². The summed E-state index contributed by atoms with van der Waals surface area (Å²) in [6, 6.07) is 6.64. The number of benzene rings is 1. The van der Waals surface area contributed by atoms with Crippen molar-refractivity contribution in [2.75, 3.05) is 0 Å². The number of halogens is 1. The molecular formula is C19H21FO. The summed E-state index contributed by atoms with van der Waals surface area (Å²) >= 11 is 0. The van der Waals surface area contributed by atoms with Crippen LogP contribution < -0.4 is 0 Å². The molecule has 4 aliphatic rings. The standard InChI is InChI=1S/C19H21FO/c20-17-4-2-1-3-16(17)5-6-18(21)19-10-13-7-14(11-19)9-15(8-13)12-19/h1-6,13-15H,7-12H2. The molecule has 4 aliphatic carbocycles. The predicted molar refractivity (Wildman–Crippen MR) is 81.0 cm³/mol. The monoisotopic (exact) mass is 284 g/mol. The Morgan fingerprint density at radius 3 is 2.19 bits per heavy atom. The Labute approximate surface area is 125 Å². The Morgan fingerprint density at radius 1 is 1.05 bits per heavy atom. The van der Waals surface area contributed by atoms with Gasteiger partial charge in [0.2, 0.25) is 0 Å². The smallest absolute Gasteiger partial charge is 0.161 e. The Morgan fingerprint density at radius 2 is 1.62 bits per heavy atom. The summed E-state index contributed by atoms with van der Waals surface area (Å²) in [6.07, 6.45) is 10.5. The van der Waals surface area contributed by atoms with Crippen LogP contribution in [0.25, 0.3) is 6.08 Å². The SMILES string of the molecule is O=C(C=Cc1ccccc1F)C12CC3CC(CC(C3)C1)C2. The molecule has 4 fully saturated rings. The first kappa shape index (κ1) is 13.2. The summed E-state index contributed by atoms with van der Waals surface area (Å²) in [6.45, 7) is 0. The zero-order valence-electron chi connectivity index (χ0n) is 12.2. The average Bonchev–Trinajstić information content (AvgIpc) is 2.44. The Hall–Kier alpha value is -1.44. The van der Waals surface area contributed by atoms with E-state index in [0.29, 0.717) is 5.56 Å². The molecule has 0 radical (unpaired) electrons. The van der Waals surface area contributed by atoms with Gasteiger partial charge in [-0.1, -0.05) is 18.2 Å². The molecule has 21 heavy (non-hydrogen) atoms. The maximum Gasteiger partial charge on any atom is 0.161 e. The summed E-state index contributed by atoms with van der Waals surface area (Å²) in [5, 5.41) is 0. The molecule has 0 atom stereocenters. The fourth-order valence-electron chi connectivity index (χ4n) is 5.36. The third kappa shape index (κ3) is 2.25. The van der Waals surface area contributed by atoms with E-state index in [0.717, 1.165) is 37.0 Å². The average molecular weight is 284 g/mol. The molecule has 0 saturated heterocycles. The van der Waals surface area contributed by atoms with E-state index in [1.54, 1.807) is 30.4 Å². The van der Waals surface area contributed by atoms with E-state index in [2.05, 4.69) is 0 Å². The van der Waals surface area contributed by atoms with Gasteiger partial charge in [-0.25, -0.2) is 4.39 Å². The third-order valence-corrected chi connectivity index (χ3v) is 5.88. The molecule has 0 unspecified atom stereocenters. The molecule has 0 heterocycles. The van der Waals surface area contributed by atoms with Crippen LogP contribution in [-0.4, -0.2) is 5.78 Å². The van der Waals surface area contributed by atoms with Gasteiger partial charge >= 0.3 is 0 Å². The maximum absolute atomic E-state index is 13.6. The highest BCUT2D eigenvalue weighted by Crippen LogP contribution is 2.60. The van der Waals surface area contributed by atoms with Crippen molar-refractivity contribution in [3.8, 4) is 0 Å². The van der Waals surface area contributed by atoms with Crippen molar-refractivity contribution < 1.29 is 9.18 Å². The van der Waals surface area contributed by atoms with E-state index in [1.807, 2.05) is 0 Å². The largest absolute Gasteiger partial charge is 0.294 e. The van der Waals surface area contributed by atoms with Gasteiger partial charge in [0.05, 0.1) is 0 Å². The van der Waals surface area contributed by atoms with Crippen molar-refractivity contribution >= 4 is 11.9 Å². The minimum Gasteiger partial charge on any atom is -0.294 e. The Kier molecular flexibility index (Phi) is 3.02.